The Bertz CT molecular complexity index is 966. The van der Waals surface area contributed by atoms with Gasteiger partial charge in [-0.15, -0.1) is 0 Å². The summed E-state index contributed by atoms with van der Waals surface area (Å²) in [6, 6.07) is 11.5. The van der Waals surface area contributed by atoms with Gasteiger partial charge in [0.25, 0.3) is 0 Å². The molecule has 0 aliphatic carbocycles. The number of ether oxygens (including phenoxy) is 2. The summed E-state index contributed by atoms with van der Waals surface area (Å²) < 4.78 is 12.6. The summed E-state index contributed by atoms with van der Waals surface area (Å²) in [5, 5.41) is 3.06. The summed E-state index contributed by atoms with van der Waals surface area (Å²) in [7, 11) is 1.85. The quantitative estimate of drug-likeness (QED) is 0.381. The van der Waals surface area contributed by atoms with Crippen molar-refractivity contribution in [3.8, 4) is 11.5 Å². The molecule has 2 rings (SSSR count). The lowest BCUT2D eigenvalue weighted by Gasteiger charge is -2.30. The lowest BCUT2D eigenvalue weighted by atomic mass is 9.85. The Balaban J connectivity index is 2.54. The average molecular weight is 438 g/mol. The van der Waals surface area contributed by atoms with E-state index in [0.29, 0.717) is 11.3 Å². The minimum Gasteiger partial charge on any atom is -0.488 e. The van der Waals surface area contributed by atoms with E-state index in [2.05, 4.69) is 32.2 Å². The highest BCUT2D eigenvalue weighted by atomic mass is 16.5. The third kappa shape index (κ3) is 7.44. The van der Waals surface area contributed by atoms with Crippen LogP contribution in [-0.2, 0) is 5.41 Å². The van der Waals surface area contributed by atoms with Crippen LogP contribution in [0.2, 0.25) is 0 Å². The monoisotopic (exact) mass is 437 g/mol. The van der Waals surface area contributed by atoms with Gasteiger partial charge in [0.15, 0.2) is 5.78 Å². The predicted octanol–water partition coefficient (Wildman–Crippen LogP) is 7.28. The van der Waals surface area contributed by atoms with Crippen LogP contribution in [0.25, 0.3) is 6.08 Å². The number of nitrogens with one attached hydrogen (secondary N) is 1. The zero-order valence-corrected chi connectivity index (χ0v) is 21.3. The van der Waals surface area contributed by atoms with E-state index in [0.717, 1.165) is 22.6 Å². The smallest absolute Gasteiger partial charge is 0.185 e. The third-order valence-electron chi connectivity index (χ3n) is 4.62. The molecular weight excluding hydrogens is 398 g/mol. The maximum absolute atomic E-state index is 12.8. The van der Waals surface area contributed by atoms with Crippen LogP contribution in [0, 0.1) is 0 Å². The van der Waals surface area contributed by atoms with Crippen molar-refractivity contribution in [2.75, 3.05) is 12.4 Å². The number of carbonyl (C=O) groups excluding carboxylic acids is 1. The Morgan fingerprint density at radius 2 is 1.34 bits per heavy atom. The van der Waals surface area contributed by atoms with Crippen LogP contribution < -0.4 is 14.8 Å². The maximum Gasteiger partial charge on any atom is 0.185 e. The van der Waals surface area contributed by atoms with Gasteiger partial charge in [-0.1, -0.05) is 20.8 Å². The zero-order chi connectivity index (χ0) is 24.3. The molecule has 1 N–H and O–H groups in total. The van der Waals surface area contributed by atoms with Gasteiger partial charge in [0.1, 0.15) is 22.7 Å². The van der Waals surface area contributed by atoms with E-state index < -0.39 is 5.60 Å². The topological polar surface area (TPSA) is 47.6 Å². The number of allylic oxidation sites excluding steroid dienone is 1. The number of benzene rings is 2. The Labute approximate surface area is 194 Å². The fraction of sp³-hybridized carbons (Fsp3) is 0.464. The molecule has 0 aliphatic rings. The molecule has 0 heterocycles. The zero-order valence-electron chi connectivity index (χ0n) is 21.3. The second-order valence-corrected chi connectivity index (χ2v) is 11.1. The number of rotatable bonds is 6. The molecular formula is C28H39NO3. The fourth-order valence-electron chi connectivity index (χ4n) is 3.19. The van der Waals surface area contributed by atoms with Crippen LogP contribution in [-0.4, -0.2) is 24.0 Å². The van der Waals surface area contributed by atoms with E-state index in [1.807, 2.05) is 85.0 Å². The lowest BCUT2D eigenvalue weighted by molar-refractivity contribution is 0.104. The van der Waals surface area contributed by atoms with Crippen LogP contribution in [0.1, 0.15) is 83.8 Å². The molecule has 4 heteroatoms. The van der Waals surface area contributed by atoms with E-state index in [-0.39, 0.29) is 16.8 Å². The Morgan fingerprint density at radius 3 is 1.81 bits per heavy atom. The Hall–Kier alpha value is -2.75. The number of carbonyl (C=O) groups is 1. The summed E-state index contributed by atoms with van der Waals surface area (Å²) in [5.41, 5.74) is 2.66. The molecule has 0 saturated heterocycles. The highest BCUT2D eigenvalue weighted by Crippen LogP contribution is 2.40. The third-order valence-corrected chi connectivity index (χ3v) is 4.62. The van der Waals surface area contributed by atoms with E-state index in [9.17, 15) is 4.79 Å². The summed E-state index contributed by atoms with van der Waals surface area (Å²) in [6.07, 6.45) is 3.45. The Kier molecular flexibility index (Phi) is 7.49. The van der Waals surface area contributed by atoms with Gasteiger partial charge in [-0.2, -0.15) is 0 Å². The first-order valence-electron chi connectivity index (χ1n) is 11.2. The molecule has 2 aromatic rings. The highest BCUT2D eigenvalue weighted by molar-refractivity contribution is 6.07. The van der Waals surface area contributed by atoms with Crippen LogP contribution in [0.3, 0.4) is 0 Å². The first kappa shape index (κ1) is 25.5. The molecule has 0 amide bonds. The molecule has 0 atom stereocenters. The SMILES string of the molecule is CNc1ccc(C(=O)C=Cc2cc(C(C)(C)C)c(OC(C)(C)C)cc2OC(C)(C)C)cc1. The normalized spacial score (nSPS) is 12.7. The van der Waals surface area contributed by atoms with Crippen LogP contribution in [0.5, 0.6) is 11.5 Å². The lowest BCUT2D eigenvalue weighted by Crippen LogP contribution is -2.27. The van der Waals surface area contributed by atoms with Crippen molar-refractivity contribution >= 4 is 17.5 Å². The number of hydrogen-bond donors (Lipinski definition) is 1. The molecule has 4 nitrogen and oxygen atoms in total. The summed E-state index contributed by atoms with van der Waals surface area (Å²) in [5.74, 6) is 1.44. The minimum atomic E-state index is -0.391. The van der Waals surface area contributed by atoms with Gasteiger partial charge in [-0.25, -0.2) is 0 Å². The van der Waals surface area contributed by atoms with Gasteiger partial charge in [0.2, 0.25) is 0 Å². The van der Waals surface area contributed by atoms with Gasteiger partial charge < -0.3 is 14.8 Å². The van der Waals surface area contributed by atoms with Crippen molar-refractivity contribution in [1.82, 2.24) is 0 Å². The Morgan fingerprint density at radius 1 is 0.812 bits per heavy atom. The molecule has 174 valence electrons. The fourth-order valence-corrected chi connectivity index (χ4v) is 3.19. The molecule has 32 heavy (non-hydrogen) atoms. The second-order valence-electron chi connectivity index (χ2n) is 11.1. The minimum absolute atomic E-state index is 0.0540. The van der Waals surface area contributed by atoms with Gasteiger partial charge in [0.05, 0.1) is 0 Å². The molecule has 0 unspecified atom stereocenters. The van der Waals surface area contributed by atoms with Crippen LogP contribution in [0.15, 0.2) is 42.5 Å². The van der Waals surface area contributed by atoms with Crippen molar-refractivity contribution in [3.63, 3.8) is 0 Å². The van der Waals surface area contributed by atoms with E-state index in [4.69, 9.17) is 9.47 Å². The molecule has 0 aliphatic heterocycles. The first-order valence-corrected chi connectivity index (χ1v) is 11.2. The van der Waals surface area contributed by atoms with E-state index in [1.54, 1.807) is 6.08 Å². The van der Waals surface area contributed by atoms with Gasteiger partial charge in [-0.05, 0) is 89.4 Å². The summed E-state index contributed by atoms with van der Waals surface area (Å²) >= 11 is 0. The molecule has 0 aromatic heterocycles. The summed E-state index contributed by atoms with van der Waals surface area (Å²) in [6.45, 7) is 18.6. The van der Waals surface area contributed by atoms with Crippen LogP contribution >= 0.6 is 0 Å². The average Bonchev–Trinajstić information content (AvgIpc) is 2.63. The molecule has 0 bridgehead atoms. The van der Waals surface area contributed by atoms with Gasteiger partial charge >= 0.3 is 0 Å². The molecule has 0 fully saturated rings. The molecule has 0 radical (unpaired) electrons. The maximum atomic E-state index is 12.8. The first-order chi connectivity index (χ1) is 14.6. The van der Waals surface area contributed by atoms with Gasteiger partial charge in [-0.3, -0.25) is 4.79 Å². The van der Waals surface area contributed by atoms with Crippen molar-refractivity contribution in [2.24, 2.45) is 0 Å². The number of hydrogen-bond acceptors (Lipinski definition) is 4. The van der Waals surface area contributed by atoms with Crippen LogP contribution in [0.4, 0.5) is 5.69 Å². The second kappa shape index (κ2) is 9.40. The number of anilines is 1. The molecule has 0 saturated carbocycles. The highest BCUT2D eigenvalue weighted by Gasteiger charge is 2.26. The predicted molar refractivity (Wildman–Crippen MR) is 135 cm³/mol. The van der Waals surface area contributed by atoms with Gasteiger partial charge in [0, 0.05) is 35.5 Å². The molecule has 0 spiro atoms. The van der Waals surface area contributed by atoms with Crippen molar-refractivity contribution in [3.05, 3.63) is 59.2 Å². The van der Waals surface area contributed by atoms with E-state index in [1.165, 1.54) is 0 Å². The standard InChI is InChI=1S/C28H39NO3/c1-26(2,3)22-17-20(13-16-23(30)19-11-14-21(29-10)15-12-19)24(31-27(4,5)6)18-25(22)32-28(7,8)9/h11-18,29H,1-10H3. The number of ketones is 1. The van der Waals surface area contributed by atoms with Crippen molar-refractivity contribution < 1.29 is 14.3 Å². The van der Waals surface area contributed by atoms with E-state index >= 15 is 0 Å². The largest absolute Gasteiger partial charge is 0.488 e. The van der Waals surface area contributed by atoms with Crippen molar-refractivity contribution in [2.45, 2.75) is 78.9 Å². The molecule has 2 aromatic carbocycles. The summed E-state index contributed by atoms with van der Waals surface area (Å²) in [4.78, 5) is 12.8. The van der Waals surface area contributed by atoms with Crippen molar-refractivity contribution in [1.29, 1.82) is 0 Å².